The highest BCUT2D eigenvalue weighted by Gasteiger charge is 2.56. The van der Waals surface area contributed by atoms with E-state index in [1.807, 2.05) is 0 Å². The second kappa shape index (κ2) is 6.82. The third kappa shape index (κ3) is 2.73. The van der Waals surface area contributed by atoms with Crippen LogP contribution >= 0.6 is 10.9 Å². The molecule has 0 aromatic heterocycles. The van der Waals surface area contributed by atoms with E-state index in [0.29, 0.717) is 7.42 Å². The molecule has 2 aliphatic rings. The summed E-state index contributed by atoms with van der Waals surface area (Å²) in [4.78, 5) is 27.4. The molecule has 0 spiro atoms. The molecule has 4 amide bonds. The lowest BCUT2D eigenvalue weighted by Crippen LogP contribution is -2.47. The summed E-state index contributed by atoms with van der Waals surface area (Å²) < 4.78 is 54.0. The zero-order chi connectivity index (χ0) is 21.8. The van der Waals surface area contributed by atoms with Gasteiger partial charge in [-0.2, -0.15) is 16.8 Å². The number of sulfonamides is 2. The fraction of sp³-hybridized carbons (Fsp3) is 0.118. The van der Waals surface area contributed by atoms with Gasteiger partial charge in [-0.1, -0.05) is 36.4 Å². The number of urea groups is 2. The highest BCUT2D eigenvalue weighted by molar-refractivity contribution is 8.25. The number of benzene rings is 2. The second-order valence-corrected chi connectivity index (χ2v) is 12.0. The summed E-state index contributed by atoms with van der Waals surface area (Å²) in [6.45, 7) is 0. The highest BCUT2D eigenvalue weighted by atomic mass is 32.3. The van der Waals surface area contributed by atoms with Crippen LogP contribution in [0.25, 0.3) is 0 Å². The third-order valence-electron chi connectivity index (χ3n) is 4.46. The van der Waals surface area contributed by atoms with Crippen molar-refractivity contribution in [1.82, 2.24) is 17.2 Å². The lowest BCUT2D eigenvalue weighted by atomic mass is 10.4. The monoisotopic (exact) mass is 468 g/mol. The quantitative estimate of drug-likeness (QED) is 0.631. The molecule has 2 aromatic carbocycles. The molecule has 30 heavy (non-hydrogen) atoms. The number of carbonyl (C=O) groups is 2. The zero-order valence-electron chi connectivity index (χ0n) is 15.7. The first-order valence-corrected chi connectivity index (χ1v) is 12.5. The Kier molecular flexibility index (Phi) is 4.63. The van der Waals surface area contributed by atoms with Gasteiger partial charge in [0.15, 0.2) is 5.11 Å². The molecule has 2 aromatic rings. The molecule has 0 bridgehead atoms. The van der Waals surface area contributed by atoms with Crippen LogP contribution in [0.3, 0.4) is 0 Å². The average Bonchev–Trinajstić information content (AvgIpc) is 3.14. The number of rotatable bonds is 4. The van der Waals surface area contributed by atoms with Crippen LogP contribution < -0.4 is 0 Å². The van der Waals surface area contributed by atoms with Gasteiger partial charge in [0.05, 0.1) is 20.6 Å². The van der Waals surface area contributed by atoms with E-state index in [9.17, 15) is 26.4 Å². The van der Waals surface area contributed by atoms with Gasteiger partial charge in [0, 0.05) is 14.1 Å². The predicted octanol–water partition coefficient (Wildman–Crippen LogP) is 1.69. The summed E-state index contributed by atoms with van der Waals surface area (Å²) in [6, 6.07) is 12.4. The van der Waals surface area contributed by atoms with Crippen molar-refractivity contribution >= 4 is 48.1 Å². The van der Waals surface area contributed by atoms with Crippen molar-refractivity contribution in [1.29, 1.82) is 0 Å². The maximum atomic E-state index is 13.3. The van der Waals surface area contributed by atoms with E-state index in [1.165, 1.54) is 62.6 Å². The number of carbonyl (C=O) groups excluding carboxylic acids is 2. The molecule has 2 aliphatic heterocycles. The van der Waals surface area contributed by atoms with Crippen LogP contribution in [-0.4, -0.2) is 65.3 Å². The Morgan fingerprint density at radius 3 is 1.30 bits per heavy atom. The lowest BCUT2D eigenvalue weighted by Gasteiger charge is -2.27. The van der Waals surface area contributed by atoms with Gasteiger partial charge in [-0.25, -0.2) is 9.59 Å². The van der Waals surface area contributed by atoms with Gasteiger partial charge in [0.1, 0.15) is 0 Å². The Morgan fingerprint density at radius 2 is 0.967 bits per heavy atom. The molecule has 0 atom stereocenters. The average molecular weight is 469 g/mol. The van der Waals surface area contributed by atoms with Crippen molar-refractivity contribution in [2.45, 2.75) is 9.79 Å². The minimum Gasteiger partial charge on any atom is -0.273 e. The second-order valence-electron chi connectivity index (χ2n) is 6.32. The summed E-state index contributed by atoms with van der Waals surface area (Å²) in [5, 5.41) is -0.0380. The summed E-state index contributed by atoms with van der Waals surface area (Å²) in [6.07, 6.45) is 0. The van der Waals surface area contributed by atoms with E-state index in [1.54, 1.807) is 12.1 Å². The van der Waals surface area contributed by atoms with Crippen LogP contribution in [0, 0.1) is 0 Å². The maximum Gasteiger partial charge on any atom is 0.351 e. The Hall–Kier alpha value is -2.90. The van der Waals surface area contributed by atoms with E-state index in [0.717, 1.165) is 9.80 Å². The molecular weight excluding hydrogens is 452 g/mol. The van der Waals surface area contributed by atoms with Gasteiger partial charge in [0.25, 0.3) is 20.0 Å². The highest BCUT2D eigenvalue weighted by Crippen LogP contribution is 2.47. The standard InChI is InChI=1S/C17H16N4O6S3/c1-18-15(22)20(29(24,25)13-9-5-3-6-10-13)28-17(18)19(2)16(23)21(28)30(26,27)14-11-7-4-8-12-14/h3-12H,1-2H3. The molecule has 0 saturated carbocycles. The number of amides is 4. The first-order valence-electron chi connectivity index (χ1n) is 8.48. The van der Waals surface area contributed by atoms with Crippen molar-refractivity contribution in [3.05, 3.63) is 60.7 Å². The van der Waals surface area contributed by atoms with Gasteiger partial charge in [-0.05, 0) is 24.3 Å². The van der Waals surface area contributed by atoms with E-state index < -0.39 is 43.0 Å². The van der Waals surface area contributed by atoms with Gasteiger partial charge in [-0.15, -0.1) is 7.42 Å². The first kappa shape index (κ1) is 20.4. The Bertz CT molecular complexity index is 1190. The summed E-state index contributed by atoms with van der Waals surface area (Å²) in [5.41, 5.74) is 0. The minimum atomic E-state index is -4.45. The van der Waals surface area contributed by atoms with E-state index in [2.05, 4.69) is 0 Å². The number of hydrogen-bond donors (Lipinski definition) is 0. The molecule has 158 valence electrons. The minimum absolute atomic E-state index is 0.0380. The number of hydrogen-bond acceptors (Lipinski definition) is 6. The topological polar surface area (TPSA) is 115 Å². The molecule has 0 aliphatic carbocycles. The maximum absolute atomic E-state index is 13.3. The molecule has 2 heterocycles. The van der Waals surface area contributed by atoms with Crippen LogP contribution in [0.4, 0.5) is 9.59 Å². The van der Waals surface area contributed by atoms with Gasteiger partial charge in [-0.3, -0.25) is 9.80 Å². The van der Waals surface area contributed by atoms with Crippen LogP contribution in [-0.2, 0) is 20.0 Å². The molecule has 0 radical (unpaired) electrons. The van der Waals surface area contributed by atoms with Crippen LogP contribution in [0.5, 0.6) is 0 Å². The van der Waals surface area contributed by atoms with Gasteiger partial charge < -0.3 is 0 Å². The molecule has 0 N–H and O–H groups in total. The SMILES string of the molecule is CN1C(=O)N(S(=O)(=O)c2ccccc2)S2=C1N(C)C(=O)N2S(=O)(=O)c1ccccc1. The molecule has 13 heteroatoms. The smallest absolute Gasteiger partial charge is 0.273 e. The molecule has 0 unspecified atom stereocenters. The van der Waals surface area contributed by atoms with E-state index in [-0.39, 0.29) is 14.9 Å². The van der Waals surface area contributed by atoms with Crippen molar-refractivity contribution in [3.8, 4) is 0 Å². The molecular formula is C17H16N4O6S3. The van der Waals surface area contributed by atoms with Crippen LogP contribution in [0.1, 0.15) is 0 Å². The predicted molar refractivity (Wildman–Crippen MR) is 110 cm³/mol. The molecule has 10 nitrogen and oxygen atoms in total. The fourth-order valence-corrected chi connectivity index (χ4v) is 9.60. The summed E-state index contributed by atoms with van der Waals surface area (Å²) >= 11 is 0. The third-order valence-corrected chi connectivity index (χ3v) is 11.2. The Labute approximate surface area is 176 Å². The van der Waals surface area contributed by atoms with Gasteiger partial charge >= 0.3 is 12.1 Å². The Balaban J connectivity index is 1.94. The summed E-state index contributed by atoms with van der Waals surface area (Å²) in [5.74, 6) is 0. The van der Waals surface area contributed by atoms with Crippen molar-refractivity contribution in [3.63, 3.8) is 0 Å². The summed E-state index contributed by atoms with van der Waals surface area (Å²) in [7, 11) is -8.36. The fourth-order valence-electron chi connectivity index (χ4n) is 3.01. The van der Waals surface area contributed by atoms with Crippen LogP contribution in [0.15, 0.2) is 70.5 Å². The van der Waals surface area contributed by atoms with Crippen molar-refractivity contribution in [2.75, 3.05) is 14.1 Å². The van der Waals surface area contributed by atoms with Crippen LogP contribution in [0.2, 0.25) is 0 Å². The molecule has 0 saturated heterocycles. The van der Waals surface area contributed by atoms with Gasteiger partial charge in [0.2, 0.25) is 0 Å². The number of nitrogens with zero attached hydrogens (tertiary/aromatic N) is 4. The van der Waals surface area contributed by atoms with E-state index in [4.69, 9.17) is 0 Å². The molecule has 0 fully saturated rings. The van der Waals surface area contributed by atoms with E-state index >= 15 is 0 Å². The molecule has 4 rings (SSSR count). The normalized spacial score (nSPS) is 17.9. The largest absolute Gasteiger partial charge is 0.351 e. The Morgan fingerprint density at radius 1 is 0.633 bits per heavy atom. The lowest BCUT2D eigenvalue weighted by molar-refractivity contribution is 0.211. The van der Waals surface area contributed by atoms with Crippen molar-refractivity contribution < 1.29 is 26.4 Å². The van der Waals surface area contributed by atoms with Crippen molar-refractivity contribution in [2.24, 2.45) is 0 Å². The first-order chi connectivity index (χ1) is 14.1. The zero-order valence-corrected chi connectivity index (χ0v) is 18.2.